The number of ether oxygens (including phenoxy) is 1. The molecule has 0 saturated heterocycles. The van der Waals surface area contributed by atoms with Crippen molar-refractivity contribution in [2.45, 2.75) is 11.8 Å². The van der Waals surface area contributed by atoms with Crippen LogP contribution in [0.25, 0.3) is 5.69 Å². The van der Waals surface area contributed by atoms with E-state index in [0.29, 0.717) is 11.4 Å². The summed E-state index contributed by atoms with van der Waals surface area (Å²) in [5, 5.41) is -0.0773. The van der Waals surface area contributed by atoms with Crippen LogP contribution in [0.1, 0.15) is 16.1 Å². The topological polar surface area (TPSA) is 90.6 Å². The Kier molecular flexibility index (Phi) is 5.78. The molecule has 0 atom stereocenters. The van der Waals surface area contributed by atoms with Crippen LogP contribution in [0.3, 0.4) is 0 Å². The van der Waals surface area contributed by atoms with Crippen molar-refractivity contribution in [3.63, 3.8) is 0 Å². The van der Waals surface area contributed by atoms with Gasteiger partial charge in [0.05, 0.1) is 29.1 Å². The smallest absolute Gasteiger partial charge is 0.337 e. The number of methoxy groups -OCH3 is 1. The third-order valence-corrected chi connectivity index (χ3v) is 7.07. The zero-order valence-electron chi connectivity index (χ0n) is 16.8. The molecule has 0 spiro atoms. The lowest BCUT2D eigenvalue weighted by molar-refractivity contribution is 0.0600. The molecular formula is C20H20ClN3O5S. The number of para-hydroxylation sites is 1. The summed E-state index contributed by atoms with van der Waals surface area (Å²) >= 11 is 6.13. The van der Waals surface area contributed by atoms with Crippen molar-refractivity contribution in [2.75, 3.05) is 18.5 Å². The number of carbonyl (C=O) groups is 1. The van der Waals surface area contributed by atoms with E-state index in [2.05, 4.69) is 4.74 Å². The van der Waals surface area contributed by atoms with Gasteiger partial charge < -0.3 is 4.74 Å². The summed E-state index contributed by atoms with van der Waals surface area (Å²) in [5.74, 6) is -0.701. The molecule has 0 unspecified atom stereocenters. The highest BCUT2D eigenvalue weighted by atomic mass is 35.5. The molecule has 0 amide bonds. The van der Waals surface area contributed by atoms with Gasteiger partial charge in [-0.25, -0.2) is 17.9 Å². The number of anilines is 1. The average Bonchev–Trinajstić information content (AvgIpc) is 2.95. The first-order chi connectivity index (χ1) is 14.1. The lowest BCUT2D eigenvalue weighted by Gasteiger charge is -2.19. The van der Waals surface area contributed by atoms with Crippen LogP contribution in [0.4, 0.5) is 5.69 Å². The zero-order chi connectivity index (χ0) is 22.2. The van der Waals surface area contributed by atoms with Crippen molar-refractivity contribution in [1.82, 2.24) is 9.36 Å². The Balaban J connectivity index is 2.17. The Morgan fingerprint density at radius 3 is 2.37 bits per heavy atom. The highest BCUT2D eigenvalue weighted by Gasteiger charge is 2.31. The third-order valence-electron chi connectivity index (χ3n) is 4.83. The highest BCUT2D eigenvalue weighted by Crippen LogP contribution is 2.29. The van der Waals surface area contributed by atoms with E-state index in [9.17, 15) is 18.0 Å². The molecule has 0 bridgehead atoms. The molecule has 0 N–H and O–H groups in total. The van der Waals surface area contributed by atoms with Crippen molar-refractivity contribution >= 4 is 33.3 Å². The quantitative estimate of drug-likeness (QED) is 0.558. The molecule has 1 heterocycles. The van der Waals surface area contributed by atoms with Gasteiger partial charge in [0.15, 0.2) is 0 Å². The fourth-order valence-corrected chi connectivity index (χ4v) is 4.88. The summed E-state index contributed by atoms with van der Waals surface area (Å²) in [6.45, 7) is 1.65. The summed E-state index contributed by atoms with van der Waals surface area (Å²) in [5.41, 5.74) is 0.528. The molecule has 1 aromatic heterocycles. The number of halogens is 1. The van der Waals surface area contributed by atoms with Gasteiger partial charge in [0.1, 0.15) is 10.6 Å². The molecule has 0 aliphatic heterocycles. The van der Waals surface area contributed by atoms with E-state index in [1.807, 2.05) is 6.07 Å². The predicted molar refractivity (Wildman–Crippen MR) is 114 cm³/mol. The van der Waals surface area contributed by atoms with Gasteiger partial charge >= 0.3 is 5.97 Å². The fraction of sp³-hybridized carbons (Fsp3) is 0.200. The summed E-state index contributed by atoms with van der Waals surface area (Å²) in [6, 6.07) is 12.7. The lowest BCUT2D eigenvalue weighted by atomic mass is 10.2. The first-order valence-electron chi connectivity index (χ1n) is 8.82. The Bertz CT molecular complexity index is 1280. The van der Waals surface area contributed by atoms with Gasteiger partial charge in [-0.3, -0.25) is 13.8 Å². The van der Waals surface area contributed by atoms with Crippen LogP contribution in [-0.4, -0.2) is 37.9 Å². The highest BCUT2D eigenvalue weighted by molar-refractivity contribution is 7.93. The van der Waals surface area contributed by atoms with Gasteiger partial charge in [-0.1, -0.05) is 29.8 Å². The summed E-state index contributed by atoms with van der Waals surface area (Å²) < 4.78 is 35.1. The predicted octanol–water partition coefficient (Wildman–Crippen LogP) is 2.75. The standard InChI is InChI=1S/C20H20ClN3O5S/c1-13-18(19(25)24(22(13)2)15-8-6-5-7-9-15)23(3)30(27,28)17-12-14(20(26)29-4)10-11-16(17)21/h5-12H,1-4H3. The minimum atomic E-state index is -4.25. The van der Waals surface area contributed by atoms with Crippen molar-refractivity contribution in [2.24, 2.45) is 7.05 Å². The van der Waals surface area contributed by atoms with Gasteiger partial charge in [0, 0.05) is 14.1 Å². The second kappa shape index (κ2) is 8.00. The van der Waals surface area contributed by atoms with Crippen LogP contribution in [0.15, 0.2) is 58.2 Å². The number of nitrogens with zero attached hydrogens (tertiary/aromatic N) is 3. The van der Waals surface area contributed by atoms with Crippen LogP contribution >= 0.6 is 11.6 Å². The molecule has 0 aliphatic rings. The Morgan fingerprint density at radius 1 is 1.13 bits per heavy atom. The summed E-state index contributed by atoms with van der Waals surface area (Å²) in [6.07, 6.45) is 0. The van der Waals surface area contributed by atoms with Crippen LogP contribution < -0.4 is 9.86 Å². The van der Waals surface area contributed by atoms with Gasteiger partial charge in [0.25, 0.3) is 15.6 Å². The molecule has 0 saturated carbocycles. The molecule has 3 rings (SSSR count). The van der Waals surface area contributed by atoms with Crippen molar-refractivity contribution < 1.29 is 17.9 Å². The molecule has 158 valence electrons. The van der Waals surface area contributed by atoms with E-state index in [0.717, 1.165) is 10.4 Å². The largest absolute Gasteiger partial charge is 0.465 e. The first-order valence-corrected chi connectivity index (χ1v) is 10.6. The number of hydrogen-bond donors (Lipinski definition) is 0. The minimum Gasteiger partial charge on any atom is -0.465 e. The summed E-state index contributed by atoms with van der Waals surface area (Å²) in [4.78, 5) is 24.7. The minimum absolute atomic E-state index is 0.0270. The molecule has 2 aromatic carbocycles. The van der Waals surface area contributed by atoms with Gasteiger partial charge in [-0.2, -0.15) is 0 Å². The Labute approximate surface area is 178 Å². The van der Waals surface area contributed by atoms with E-state index < -0.39 is 21.6 Å². The lowest BCUT2D eigenvalue weighted by Crippen LogP contribution is -2.32. The van der Waals surface area contributed by atoms with Crippen molar-refractivity contribution in [3.8, 4) is 5.69 Å². The second-order valence-electron chi connectivity index (χ2n) is 6.52. The second-order valence-corrected chi connectivity index (χ2v) is 8.86. The van der Waals surface area contributed by atoms with Crippen LogP contribution in [0.5, 0.6) is 0 Å². The Hall–Kier alpha value is -3.04. The van der Waals surface area contributed by atoms with Crippen LogP contribution in [-0.2, 0) is 21.8 Å². The van der Waals surface area contributed by atoms with Gasteiger partial charge in [-0.15, -0.1) is 0 Å². The number of benzene rings is 2. The molecule has 3 aromatic rings. The number of esters is 1. The van der Waals surface area contributed by atoms with Crippen molar-refractivity contribution in [3.05, 3.63) is 75.2 Å². The maximum Gasteiger partial charge on any atom is 0.337 e. The molecule has 30 heavy (non-hydrogen) atoms. The van der Waals surface area contributed by atoms with E-state index in [4.69, 9.17) is 11.6 Å². The van der Waals surface area contributed by atoms with E-state index in [-0.39, 0.29) is 21.2 Å². The Morgan fingerprint density at radius 2 is 1.77 bits per heavy atom. The van der Waals surface area contributed by atoms with E-state index >= 15 is 0 Å². The third kappa shape index (κ3) is 3.50. The molecule has 10 heteroatoms. The van der Waals surface area contributed by atoms with Crippen LogP contribution in [0.2, 0.25) is 5.02 Å². The van der Waals surface area contributed by atoms with Crippen molar-refractivity contribution in [1.29, 1.82) is 0 Å². The molecule has 0 aliphatic carbocycles. The summed E-state index contributed by atoms with van der Waals surface area (Å²) in [7, 11) is -0.121. The number of aromatic nitrogens is 2. The monoisotopic (exact) mass is 449 g/mol. The number of carbonyl (C=O) groups excluding carboxylic acids is 1. The number of hydrogen-bond acceptors (Lipinski definition) is 5. The average molecular weight is 450 g/mol. The van der Waals surface area contributed by atoms with E-state index in [1.165, 1.54) is 31.0 Å². The number of sulfonamides is 1. The normalized spacial score (nSPS) is 11.4. The maximum atomic E-state index is 13.3. The first kappa shape index (κ1) is 21.7. The molecular weight excluding hydrogens is 430 g/mol. The number of rotatable bonds is 5. The molecule has 8 nitrogen and oxygen atoms in total. The SMILES string of the molecule is COC(=O)c1ccc(Cl)c(S(=O)(=O)N(C)c2c(C)n(C)n(-c3ccccc3)c2=O)c1. The van der Waals surface area contributed by atoms with E-state index in [1.54, 1.807) is 42.9 Å². The van der Waals surface area contributed by atoms with Gasteiger partial charge in [0.2, 0.25) is 0 Å². The van der Waals surface area contributed by atoms with Gasteiger partial charge in [-0.05, 0) is 37.3 Å². The molecule has 0 fully saturated rings. The molecule has 0 radical (unpaired) electrons. The zero-order valence-corrected chi connectivity index (χ0v) is 18.4. The van der Waals surface area contributed by atoms with Crippen LogP contribution in [0, 0.1) is 6.92 Å². The maximum absolute atomic E-state index is 13.3. The fourth-order valence-electron chi connectivity index (χ4n) is 3.13.